The van der Waals surface area contributed by atoms with Crippen molar-refractivity contribution in [3.63, 3.8) is 0 Å². The lowest BCUT2D eigenvalue weighted by Gasteiger charge is -2.45. The van der Waals surface area contributed by atoms with E-state index in [0.29, 0.717) is 23.9 Å². The molecule has 2 heteroatoms. The zero-order valence-corrected chi connectivity index (χ0v) is 11.5. The van der Waals surface area contributed by atoms with Crippen molar-refractivity contribution in [2.24, 2.45) is 17.8 Å². The van der Waals surface area contributed by atoms with Gasteiger partial charge in [-0.1, -0.05) is 40.5 Å². The molecule has 5 unspecified atom stereocenters. The highest BCUT2D eigenvalue weighted by Crippen LogP contribution is 2.40. The lowest BCUT2D eigenvalue weighted by molar-refractivity contribution is -0.245. The molecule has 1 aliphatic heterocycles. The average molecular weight is 228 g/mol. The van der Waals surface area contributed by atoms with Crippen molar-refractivity contribution < 1.29 is 9.47 Å². The van der Waals surface area contributed by atoms with Gasteiger partial charge in [-0.2, -0.15) is 0 Å². The first kappa shape index (κ1) is 14.0. The fourth-order valence-corrected chi connectivity index (χ4v) is 3.27. The molecule has 0 aliphatic carbocycles. The van der Waals surface area contributed by atoms with Crippen molar-refractivity contribution in [3.05, 3.63) is 0 Å². The Balaban J connectivity index is 2.75. The number of rotatable bonds is 5. The van der Waals surface area contributed by atoms with Crippen molar-refractivity contribution in [2.75, 3.05) is 7.11 Å². The molecule has 1 aliphatic rings. The van der Waals surface area contributed by atoms with Crippen LogP contribution in [0.5, 0.6) is 0 Å². The van der Waals surface area contributed by atoms with E-state index in [4.69, 9.17) is 9.47 Å². The van der Waals surface area contributed by atoms with Gasteiger partial charge in [0.25, 0.3) is 0 Å². The Morgan fingerprint density at radius 1 is 1.06 bits per heavy atom. The number of ether oxygens (including phenoxy) is 2. The summed E-state index contributed by atoms with van der Waals surface area (Å²) in [5.41, 5.74) is 0. The molecule has 1 rings (SSSR count). The molecule has 16 heavy (non-hydrogen) atoms. The van der Waals surface area contributed by atoms with Gasteiger partial charge in [0.2, 0.25) is 0 Å². The van der Waals surface area contributed by atoms with E-state index in [1.54, 1.807) is 7.11 Å². The molecule has 1 saturated heterocycles. The van der Waals surface area contributed by atoms with Crippen LogP contribution in [0.1, 0.15) is 53.4 Å². The number of hydrogen-bond donors (Lipinski definition) is 0. The molecular weight excluding hydrogens is 200 g/mol. The summed E-state index contributed by atoms with van der Waals surface area (Å²) < 4.78 is 11.6. The van der Waals surface area contributed by atoms with Crippen molar-refractivity contribution in [3.8, 4) is 0 Å². The molecule has 0 amide bonds. The predicted octanol–water partition coefficient (Wildman–Crippen LogP) is 3.85. The summed E-state index contributed by atoms with van der Waals surface area (Å²) in [5.74, 6) is 1.98. The Bertz CT molecular complexity index is 191. The monoisotopic (exact) mass is 228 g/mol. The van der Waals surface area contributed by atoms with Gasteiger partial charge in [-0.15, -0.1) is 0 Å². The summed E-state index contributed by atoms with van der Waals surface area (Å²) in [6, 6.07) is 0. The minimum absolute atomic E-state index is 0.0133. The molecule has 0 aromatic heterocycles. The SMILES string of the molecule is CCCC1OC(OC)C(CC)C(C)C1CC. The van der Waals surface area contributed by atoms with Gasteiger partial charge in [0, 0.05) is 13.0 Å². The van der Waals surface area contributed by atoms with E-state index >= 15 is 0 Å². The Labute approximate surface area is 101 Å². The van der Waals surface area contributed by atoms with Crippen molar-refractivity contribution in [1.82, 2.24) is 0 Å². The summed E-state index contributed by atoms with van der Waals surface area (Å²) in [6.07, 6.45) is 5.14. The Morgan fingerprint density at radius 3 is 2.12 bits per heavy atom. The maximum absolute atomic E-state index is 6.13. The van der Waals surface area contributed by atoms with Crippen molar-refractivity contribution >= 4 is 0 Å². The van der Waals surface area contributed by atoms with Gasteiger partial charge in [0.15, 0.2) is 6.29 Å². The summed E-state index contributed by atoms with van der Waals surface area (Å²) in [4.78, 5) is 0. The summed E-state index contributed by atoms with van der Waals surface area (Å²) in [7, 11) is 1.77. The maximum atomic E-state index is 6.13. The Hall–Kier alpha value is -0.0800. The van der Waals surface area contributed by atoms with Gasteiger partial charge in [0.1, 0.15) is 0 Å². The normalized spacial score (nSPS) is 39.9. The maximum Gasteiger partial charge on any atom is 0.160 e. The molecule has 1 heterocycles. The van der Waals surface area contributed by atoms with Crippen LogP contribution in [0, 0.1) is 17.8 Å². The van der Waals surface area contributed by atoms with Gasteiger partial charge in [-0.3, -0.25) is 0 Å². The first-order valence-corrected chi connectivity index (χ1v) is 6.87. The number of methoxy groups -OCH3 is 1. The lowest BCUT2D eigenvalue weighted by Crippen LogP contribution is -2.47. The smallest absolute Gasteiger partial charge is 0.160 e. The summed E-state index contributed by atoms with van der Waals surface area (Å²) >= 11 is 0. The minimum atomic E-state index is 0.0133. The molecule has 5 atom stereocenters. The van der Waals surface area contributed by atoms with E-state index < -0.39 is 0 Å². The highest BCUT2D eigenvalue weighted by atomic mass is 16.7. The zero-order chi connectivity index (χ0) is 12.1. The van der Waals surface area contributed by atoms with Gasteiger partial charge in [0.05, 0.1) is 6.10 Å². The molecule has 0 aromatic rings. The topological polar surface area (TPSA) is 18.5 Å². The van der Waals surface area contributed by atoms with Crippen molar-refractivity contribution in [2.45, 2.75) is 65.8 Å². The van der Waals surface area contributed by atoms with E-state index in [2.05, 4.69) is 27.7 Å². The van der Waals surface area contributed by atoms with Crippen molar-refractivity contribution in [1.29, 1.82) is 0 Å². The third kappa shape index (κ3) is 2.78. The van der Waals surface area contributed by atoms with Gasteiger partial charge >= 0.3 is 0 Å². The minimum Gasteiger partial charge on any atom is -0.356 e. The molecule has 0 radical (unpaired) electrons. The molecule has 0 bridgehead atoms. The first-order valence-electron chi connectivity index (χ1n) is 6.87. The third-order valence-electron chi connectivity index (χ3n) is 4.24. The van der Waals surface area contributed by atoms with Crippen LogP contribution in [-0.2, 0) is 9.47 Å². The average Bonchev–Trinajstić information content (AvgIpc) is 2.29. The fourth-order valence-electron chi connectivity index (χ4n) is 3.27. The second-order valence-electron chi connectivity index (χ2n) is 5.07. The summed E-state index contributed by atoms with van der Waals surface area (Å²) in [6.45, 7) is 9.13. The molecule has 96 valence electrons. The molecule has 1 fully saturated rings. The van der Waals surface area contributed by atoms with E-state index in [0.717, 1.165) is 6.42 Å². The van der Waals surface area contributed by atoms with Gasteiger partial charge in [-0.25, -0.2) is 0 Å². The Kier molecular flexibility index (Phi) is 5.77. The van der Waals surface area contributed by atoms with Crippen LogP contribution in [0.3, 0.4) is 0 Å². The predicted molar refractivity (Wildman–Crippen MR) is 67.3 cm³/mol. The molecule has 0 aromatic carbocycles. The zero-order valence-electron chi connectivity index (χ0n) is 11.5. The lowest BCUT2D eigenvalue weighted by atomic mass is 9.74. The molecule has 0 spiro atoms. The van der Waals surface area contributed by atoms with Crippen LogP contribution >= 0.6 is 0 Å². The van der Waals surface area contributed by atoms with Gasteiger partial charge < -0.3 is 9.47 Å². The highest BCUT2D eigenvalue weighted by Gasteiger charge is 2.41. The van der Waals surface area contributed by atoms with Crippen LogP contribution in [0.2, 0.25) is 0 Å². The van der Waals surface area contributed by atoms with E-state index in [9.17, 15) is 0 Å². The second-order valence-corrected chi connectivity index (χ2v) is 5.07. The molecule has 0 saturated carbocycles. The molecule has 0 N–H and O–H groups in total. The first-order chi connectivity index (χ1) is 7.69. The quantitative estimate of drug-likeness (QED) is 0.711. The van der Waals surface area contributed by atoms with Crippen LogP contribution in [0.25, 0.3) is 0 Å². The molecular formula is C14H28O2. The van der Waals surface area contributed by atoms with E-state index in [-0.39, 0.29) is 6.29 Å². The van der Waals surface area contributed by atoms with Crippen LogP contribution in [0.15, 0.2) is 0 Å². The van der Waals surface area contributed by atoms with Crippen LogP contribution in [0.4, 0.5) is 0 Å². The third-order valence-corrected chi connectivity index (χ3v) is 4.24. The van der Waals surface area contributed by atoms with Gasteiger partial charge in [-0.05, 0) is 24.7 Å². The largest absolute Gasteiger partial charge is 0.356 e. The van der Waals surface area contributed by atoms with E-state index in [1.807, 2.05) is 0 Å². The number of hydrogen-bond acceptors (Lipinski definition) is 2. The second kappa shape index (κ2) is 6.61. The highest BCUT2D eigenvalue weighted by molar-refractivity contribution is 4.85. The standard InChI is InChI=1S/C14H28O2/c1-6-9-13-11(7-2)10(4)12(8-3)14(15-5)16-13/h10-14H,6-9H2,1-5H3. The molecule has 2 nitrogen and oxygen atoms in total. The summed E-state index contributed by atoms with van der Waals surface area (Å²) in [5, 5.41) is 0. The van der Waals surface area contributed by atoms with Crippen LogP contribution < -0.4 is 0 Å². The van der Waals surface area contributed by atoms with E-state index in [1.165, 1.54) is 19.3 Å². The van der Waals surface area contributed by atoms with Crippen LogP contribution in [-0.4, -0.2) is 19.5 Å². The fraction of sp³-hybridized carbons (Fsp3) is 1.00. The Morgan fingerprint density at radius 2 is 1.69 bits per heavy atom.